The molecule has 3 nitrogen and oxygen atoms in total. The van der Waals surface area contributed by atoms with Gasteiger partial charge in [-0.2, -0.15) is 5.10 Å². The Bertz CT molecular complexity index is 422. The maximum Gasteiger partial charge on any atom is 0.127 e. The van der Waals surface area contributed by atoms with Crippen molar-refractivity contribution in [3.05, 3.63) is 42.3 Å². The van der Waals surface area contributed by atoms with E-state index >= 15 is 0 Å². The molecule has 0 aliphatic rings. The molecule has 66 valence electrons. The molecule has 0 bridgehead atoms. The van der Waals surface area contributed by atoms with Gasteiger partial charge in [0, 0.05) is 6.07 Å². The third-order valence-corrected chi connectivity index (χ3v) is 1.72. The SMILES string of the molecule is Nc1ccnn1-c1cccc(F)c1. The summed E-state index contributed by atoms with van der Waals surface area (Å²) < 4.78 is 14.3. The van der Waals surface area contributed by atoms with Gasteiger partial charge in [0.25, 0.3) is 0 Å². The van der Waals surface area contributed by atoms with Crippen LogP contribution < -0.4 is 5.73 Å². The fourth-order valence-electron chi connectivity index (χ4n) is 1.14. The zero-order valence-corrected chi connectivity index (χ0v) is 6.81. The van der Waals surface area contributed by atoms with Gasteiger partial charge in [0.2, 0.25) is 0 Å². The molecule has 0 saturated heterocycles. The van der Waals surface area contributed by atoms with E-state index in [-0.39, 0.29) is 5.82 Å². The first kappa shape index (κ1) is 7.79. The Hall–Kier alpha value is -1.84. The van der Waals surface area contributed by atoms with E-state index in [1.54, 1.807) is 24.4 Å². The van der Waals surface area contributed by atoms with Crippen LogP contribution >= 0.6 is 0 Å². The van der Waals surface area contributed by atoms with Crippen molar-refractivity contribution >= 4 is 5.82 Å². The van der Waals surface area contributed by atoms with Gasteiger partial charge in [-0.25, -0.2) is 9.07 Å². The molecule has 1 heterocycles. The summed E-state index contributed by atoms with van der Waals surface area (Å²) in [6.07, 6.45) is 1.57. The van der Waals surface area contributed by atoms with Gasteiger partial charge in [0.05, 0.1) is 11.9 Å². The predicted molar refractivity (Wildman–Crippen MR) is 47.9 cm³/mol. The standard InChI is InChI=1S/C9H8FN3/c10-7-2-1-3-8(6-7)13-9(11)4-5-12-13/h1-6H,11H2. The van der Waals surface area contributed by atoms with Crippen LogP contribution in [-0.2, 0) is 0 Å². The molecule has 2 rings (SSSR count). The summed E-state index contributed by atoms with van der Waals surface area (Å²) in [6.45, 7) is 0. The van der Waals surface area contributed by atoms with Crippen LogP contribution in [-0.4, -0.2) is 9.78 Å². The second-order valence-corrected chi connectivity index (χ2v) is 2.65. The maximum atomic E-state index is 12.8. The van der Waals surface area contributed by atoms with Gasteiger partial charge < -0.3 is 5.73 Å². The lowest BCUT2D eigenvalue weighted by atomic mass is 10.3. The van der Waals surface area contributed by atoms with Crippen molar-refractivity contribution in [1.29, 1.82) is 0 Å². The molecule has 0 aliphatic heterocycles. The van der Waals surface area contributed by atoms with Crippen LogP contribution in [0.2, 0.25) is 0 Å². The van der Waals surface area contributed by atoms with Gasteiger partial charge in [-0.1, -0.05) is 6.07 Å². The highest BCUT2D eigenvalue weighted by Gasteiger charge is 2.01. The van der Waals surface area contributed by atoms with Crippen LogP contribution in [0.1, 0.15) is 0 Å². The van der Waals surface area contributed by atoms with E-state index in [1.165, 1.54) is 16.8 Å². The average Bonchev–Trinajstić information content (AvgIpc) is 2.51. The number of anilines is 1. The van der Waals surface area contributed by atoms with Crippen molar-refractivity contribution < 1.29 is 4.39 Å². The summed E-state index contributed by atoms with van der Waals surface area (Å²) in [5.41, 5.74) is 6.23. The topological polar surface area (TPSA) is 43.8 Å². The van der Waals surface area contributed by atoms with Crippen molar-refractivity contribution in [2.45, 2.75) is 0 Å². The second-order valence-electron chi connectivity index (χ2n) is 2.65. The lowest BCUT2D eigenvalue weighted by Crippen LogP contribution is -2.01. The lowest BCUT2D eigenvalue weighted by Gasteiger charge is -2.02. The van der Waals surface area contributed by atoms with Crippen molar-refractivity contribution in [3.63, 3.8) is 0 Å². The predicted octanol–water partition coefficient (Wildman–Crippen LogP) is 1.59. The van der Waals surface area contributed by atoms with E-state index < -0.39 is 0 Å². The first-order valence-electron chi connectivity index (χ1n) is 3.83. The van der Waals surface area contributed by atoms with E-state index in [1.807, 2.05) is 0 Å². The van der Waals surface area contributed by atoms with Crippen LogP contribution in [0.3, 0.4) is 0 Å². The summed E-state index contributed by atoms with van der Waals surface area (Å²) in [4.78, 5) is 0. The molecule has 0 saturated carbocycles. The largest absolute Gasteiger partial charge is 0.384 e. The molecule has 0 fully saturated rings. The number of rotatable bonds is 1. The number of hydrogen-bond donors (Lipinski definition) is 1. The summed E-state index contributed by atoms with van der Waals surface area (Å²) >= 11 is 0. The van der Waals surface area contributed by atoms with E-state index in [2.05, 4.69) is 5.10 Å². The molecule has 1 aromatic heterocycles. The molecule has 0 radical (unpaired) electrons. The van der Waals surface area contributed by atoms with Crippen LogP contribution in [0.5, 0.6) is 0 Å². The Labute approximate surface area is 74.6 Å². The third-order valence-electron chi connectivity index (χ3n) is 1.72. The van der Waals surface area contributed by atoms with Crippen LogP contribution in [0.15, 0.2) is 36.5 Å². The number of halogens is 1. The number of benzene rings is 1. The van der Waals surface area contributed by atoms with Gasteiger partial charge >= 0.3 is 0 Å². The molecule has 0 amide bonds. The van der Waals surface area contributed by atoms with Gasteiger partial charge in [-0.15, -0.1) is 0 Å². The molecule has 0 atom stereocenters. The molecule has 4 heteroatoms. The van der Waals surface area contributed by atoms with Crippen LogP contribution in [0, 0.1) is 5.82 Å². The Morgan fingerprint density at radius 1 is 1.31 bits per heavy atom. The first-order valence-corrected chi connectivity index (χ1v) is 3.83. The van der Waals surface area contributed by atoms with Crippen LogP contribution in [0.4, 0.5) is 10.2 Å². The fraction of sp³-hybridized carbons (Fsp3) is 0. The minimum atomic E-state index is -0.299. The van der Waals surface area contributed by atoms with E-state index in [4.69, 9.17) is 5.73 Å². The van der Waals surface area contributed by atoms with Crippen molar-refractivity contribution in [3.8, 4) is 5.69 Å². The summed E-state index contributed by atoms with van der Waals surface area (Å²) in [5.74, 6) is 0.193. The van der Waals surface area contributed by atoms with Gasteiger partial charge in [0.15, 0.2) is 0 Å². The van der Waals surface area contributed by atoms with E-state index in [9.17, 15) is 4.39 Å². The maximum absolute atomic E-state index is 12.8. The monoisotopic (exact) mass is 177 g/mol. The van der Waals surface area contributed by atoms with E-state index in [0.29, 0.717) is 11.5 Å². The van der Waals surface area contributed by atoms with Crippen molar-refractivity contribution in [1.82, 2.24) is 9.78 Å². The van der Waals surface area contributed by atoms with Crippen molar-refractivity contribution in [2.75, 3.05) is 5.73 Å². The summed E-state index contributed by atoms with van der Waals surface area (Å²) in [6, 6.07) is 7.77. The zero-order chi connectivity index (χ0) is 9.26. The highest BCUT2D eigenvalue weighted by Crippen LogP contribution is 2.12. The molecule has 13 heavy (non-hydrogen) atoms. The number of nitrogens with two attached hydrogens (primary N) is 1. The fourth-order valence-corrected chi connectivity index (χ4v) is 1.14. The van der Waals surface area contributed by atoms with Gasteiger partial charge in [0.1, 0.15) is 11.6 Å². The lowest BCUT2D eigenvalue weighted by molar-refractivity contribution is 0.625. The quantitative estimate of drug-likeness (QED) is 0.718. The Kier molecular flexibility index (Phi) is 1.73. The molecular formula is C9H8FN3. The first-order chi connectivity index (χ1) is 6.27. The molecule has 0 unspecified atom stereocenters. The third kappa shape index (κ3) is 1.38. The molecule has 0 spiro atoms. The second kappa shape index (κ2) is 2.90. The molecular weight excluding hydrogens is 169 g/mol. The normalized spacial score (nSPS) is 10.2. The Morgan fingerprint density at radius 2 is 2.15 bits per heavy atom. The number of nitrogens with zero attached hydrogens (tertiary/aromatic N) is 2. The minimum Gasteiger partial charge on any atom is -0.384 e. The minimum absolute atomic E-state index is 0.299. The molecule has 2 N–H and O–H groups in total. The average molecular weight is 177 g/mol. The highest BCUT2D eigenvalue weighted by molar-refractivity contribution is 5.40. The number of nitrogen functional groups attached to an aromatic ring is 1. The van der Waals surface area contributed by atoms with Gasteiger partial charge in [-0.3, -0.25) is 0 Å². The van der Waals surface area contributed by atoms with Gasteiger partial charge in [-0.05, 0) is 18.2 Å². The van der Waals surface area contributed by atoms with Crippen LogP contribution in [0.25, 0.3) is 5.69 Å². The molecule has 1 aromatic carbocycles. The number of hydrogen-bond acceptors (Lipinski definition) is 2. The summed E-state index contributed by atoms with van der Waals surface area (Å²) in [5, 5.41) is 3.95. The Balaban J connectivity index is 2.53. The van der Waals surface area contributed by atoms with E-state index in [0.717, 1.165) is 0 Å². The molecule has 0 aliphatic carbocycles. The highest BCUT2D eigenvalue weighted by atomic mass is 19.1. The number of aromatic nitrogens is 2. The zero-order valence-electron chi connectivity index (χ0n) is 6.81. The summed E-state index contributed by atoms with van der Waals surface area (Å²) in [7, 11) is 0. The van der Waals surface area contributed by atoms with Crippen molar-refractivity contribution in [2.24, 2.45) is 0 Å². The smallest absolute Gasteiger partial charge is 0.127 e. The Morgan fingerprint density at radius 3 is 2.77 bits per heavy atom. The molecule has 2 aromatic rings.